The lowest BCUT2D eigenvalue weighted by molar-refractivity contribution is -0.125. The minimum absolute atomic E-state index is 0.0338. The molecule has 1 amide bonds. The molecule has 0 spiro atoms. The summed E-state index contributed by atoms with van der Waals surface area (Å²) in [5.74, 6) is 1.75. The number of nitrogens with one attached hydrogen (secondary N) is 3. The first kappa shape index (κ1) is 17.2. The molecule has 1 aliphatic carbocycles. The number of hydrogen-bond donors (Lipinski definition) is 3. The molecule has 1 aromatic carbocycles. The Hall–Kier alpha value is -2.25. The lowest BCUT2D eigenvalue weighted by atomic mass is 9.99. The van der Waals surface area contributed by atoms with Crippen LogP contribution in [0.5, 0.6) is 0 Å². The number of hydrogen-bond acceptors (Lipinski definition) is 6. The molecular formula is C19H25N5O2. The van der Waals surface area contributed by atoms with Gasteiger partial charge in [-0.3, -0.25) is 4.79 Å². The molecule has 4 atom stereocenters. The van der Waals surface area contributed by atoms with Crippen LogP contribution in [0.15, 0.2) is 28.8 Å². The summed E-state index contributed by atoms with van der Waals surface area (Å²) in [5, 5.41) is 13.7. The van der Waals surface area contributed by atoms with Gasteiger partial charge >= 0.3 is 0 Å². The second-order valence-electron chi connectivity index (χ2n) is 7.30. The Balaban J connectivity index is 1.36. The molecular weight excluding hydrogens is 330 g/mol. The highest BCUT2D eigenvalue weighted by Crippen LogP contribution is 2.35. The number of likely N-dealkylation sites (N-methyl/N-ethyl adjacent to an activating group) is 1. The highest BCUT2D eigenvalue weighted by molar-refractivity contribution is 5.83. The second-order valence-corrected chi connectivity index (χ2v) is 7.30. The number of rotatable bonds is 6. The Morgan fingerprint density at radius 1 is 1.35 bits per heavy atom. The molecule has 1 saturated heterocycles. The smallest absolute Gasteiger partial charge is 0.238 e. The van der Waals surface area contributed by atoms with Crippen LogP contribution in [0.25, 0.3) is 11.4 Å². The van der Waals surface area contributed by atoms with Gasteiger partial charge in [-0.15, -0.1) is 0 Å². The summed E-state index contributed by atoms with van der Waals surface area (Å²) in [6, 6.07) is 8.52. The first-order chi connectivity index (χ1) is 12.6. The van der Waals surface area contributed by atoms with Crippen LogP contribution < -0.4 is 16.0 Å². The average Bonchev–Trinajstić information content (AvgIpc) is 3.38. The van der Waals surface area contributed by atoms with Crippen LogP contribution in [0.3, 0.4) is 0 Å². The van der Waals surface area contributed by atoms with Gasteiger partial charge in [-0.25, -0.2) is 0 Å². The minimum Gasteiger partial charge on any atom is -0.339 e. The van der Waals surface area contributed by atoms with E-state index in [1.165, 1.54) is 6.42 Å². The van der Waals surface area contributed by atoms with E-state index in [0.29, 0.717) is 30.1 Å². The van der Waals surface area contributed by atoms with Crippen molar-refractivity contribution in [3.63, 3.8) is 0 Å². The SMILES string of the molecule is CNC(Cc1ccc(-c2noc(C)n2)cc1)NC(=O)C1NC2CCC1C2. The first-order valence-corrected chi connectivity index (χ1v) is 9.25. The standard InChI is InChI=1S/C19H25N5O2/c1-11-21-18(24-26-11)13-5-3-12(4-6-13)9-16(20-2)23-19(25)17-14-7-8-15(10-14)22-17/h3-6,14-17,20,22H,7-10H2,1-2H3,(H,23,25). The largest absolute Gasteiger partial charge is 0.339 e. The van der Waals surface area contributed by atoms with Crippen LogP contribution in [0.1, 0.15) is 30.7 Å². The quantitative estimate of drug-likeness (QED) is 0.678. The molecule has 3 N–H and O–H groups in total. The summed E-state index contributed by atoms with van der Waals surface area (Å²) in [6.45, 7) is 1.77. The van der Waals surface area contributed by atoms with E-state index in [-0.39, 0.29) is 18.1 Å². The zero-order valence-corrected chi connectivity index (χ0v) is 15.2. The van der Waals surface area contributed by atoms with Crippen molar-refractivity contribution in [1.82, 2.24) is 26.1 Å². The third-order valence-electron chi connectivity index (χ3n) is 5.49. The number of piperidine rings is 1. The molecule has 2 bridgehead atoms. The van der Waals surface area contributed by atoms with Gasteiger partial charge in [0.1, 0.15) is 0 Å². The average molecular weight is 355 g/mol. The van der Waals surface area contributed by atoms with Gasteiger partial charge < -0.3 is 20.5 Å². The van der Waals surface area contributed by atoms with Gasteiger partial charge in [-0.2, -0.15) is 4.98 Å². The third kappa shape index (κ3) is 3.50. The molecule has 2 aliphatic rings. The molecule has 1 aromatic heterocycles. The number of benzene rings is 1. The third-order valence-corrected chi connectivity index (χ3v) is 5.49. The Morgan fingerprint density at radius 2 is 2.15 bits per heavy atom. The number of amides is 1. The van der Waals surface area contributed by atoms with E-state index in [9.17, 15) is 4.79 Å². The minimum atomic E-state index is -0.0957. The van der Waals surface area contributed by atoms with E-state index >= 15 is 0 Å². The fraction of sp³-hybridized carbons (Fsp3) is 0.526. The van der Waals surface area contributed by atoms with Gasteiger partial charge in [0, 0.05) is 24.9 Å². The molecule has 2 fully saturated rings. The lowest BCUT2D eigenvalue weighted by Crippen LogP contribution is -2.54. The normalized spacial score (nSPS) is 25.4. The highest BCUT2D eigenvalue weighted by atomic mass is 16.5. The maximum atomic E-state index is 12.6. The van der Waals surface area contributed by atoms with Crippen LogP contribution in [0, 0.1) is 12.8 Å². The second kappa shape index (κ2) is 7.17. The molecule has 2 heterocycles. The number of carbonyl (C=O) groups is 1. The molecule has 138 valence electrons. The van der Waals surface area contributed by atoms with Crippen molar-refractivity contribution >= 4 is 5.91 Å². The van der Waals surface area contributed by atoms with Crippen molar-refractivity contribution in [1.29, 1.82) is 0 Å². The van der Waals surface area contributed by atoms with Gasteiger partial charge in [-0.1, -0.05) is 29.4 Å². The molecule has 7 heteroatoms. The summed E-state index contributed by atoms with van der Waals surface area (Å²) >= 11 is 0. The monoisotopic (exact) mass is 355 g/mol. The number of fused-ring (bicyclic) bond motifs is 2. The van der Waals surface area contributed by atoms with Crippen LogP contribution in [-0.4, -0.2) is 41.3 Å². The summed E-state index contributed by atoms with van der Waals surface area (Å²) in [6.07, 6.45) is 4.13. The molecule has 1 aliphatic heterocycles. The molecule has 4 unspecified atom stereocenters. The predicted octanol–water partition coefficient (Wildman–Crippen LogP) is 1.39. The van der Waals surface area contributed by atoms with Crippen molar-refractivity contribution < 1.29 is 9.32 Å². The van der Waals surface area contributed by atoms with E-state index in [4.69, 9.17) is 4.52 Å². The van der Waals surface area contributed by atoms with Gasteiger partial charge in [0.25, 0.3) is 0 Å². The molecule has 0 radical (unpaired) electrons. The van der Waals surface area contributed by atoms with E-state index in [0.717, 1.165) is 24.0 Å². The Labute approximate surface area is 152 Å². The first-order valence-electron chi connectivity index (χ1n) is 9.25. The molecule has 7 nitrogen and oxygen atoms in total. The van der Waals surface area contributed by atoms with E-state index in [2.05, 4.69) is 26.1 Å². The lowest BCUT2D eigenvalue weighted by Gasteiger charge is -2.25. The zero-order chi connectivity index (χ0) is 18.1. The van der Waals surface area contributed by atoms with Crippen molar-refractivity contribution in [3.05, 3.63) is 35.7 Å². The van der Waals surface area contributed by atoms with Crippen LogP contribution in [-0.2, 0) is 11.2 Å². The maximum Gasteiger partial charge on any atom is 0.238 e. The van der Waals surface area contributed by atoms with Gasteiger partial charge in [0.05, 0.1) is 12.2 Å². The van der Waals surface area contributed by atoms with Crippen molar-refractivity contribution in [2.45, 2.75) is 50.9 Å². The van der Waals surface area contributed by atoms with E-state index in [1.807, 2.05) is 31.3 Å². The molecule has 2 aromatic rings. The Bertz CT molecular complexity index is 772. The highest BCUT2D eigenvalue weighted by Gasteiger charge is 2.42. The maximum absolute atomic E-state index is 12.6. The molecule has 4 rings (SSSR count). The van der Waals surface area contributed by atoms with Crippen molar-refractivity contribution in [3.8, 4) is 11.4 Å². The van der Waals surface area contributed by atoms with Crippen molar-refractivity contribution in [2.75, 3.05) is 7.05 Å². The molecule has 26 heavy (non-hydrogen) atoms. The Morgan fingerprint density at radius 3 is 2.73 bits per heavy atom. The number of aromatic nitrogens is 2. The van der Waals surface area contributed by atoms with E-state index in [1.54, 1.807) is 6.92 Å². The summed E-state index contributed by atoms with van der Waals surface area (Å²) in [5.41, 5.74) is 2.05. The van der Waals surface area contributed by atoms with E-state index < -0.39 is 0 Å². The van der Waals surface area contributed by atoms with Crippen LogP contribution in [0.2, 0.25) is 0 Å². The predicted molar refractivity (Wildman–Crippen MR) is 97.2 cm³/mol. The van der Waals surface area contributed by atoms with Crippen LogP contribution in [0.4, 0.5) is 0 Å². The van der Waals surface area contributed by atoms with Gasteiger partial charge in [0.15, 0.2) is 0 Å². The fourth-order valence-corrected chi connectivity index (χ4v) is 4.08. The number of nitrogens with zero attached hydrogens (tertiary/aromatic N) is 2. The molecule has 1 saturated carbocycles. The topological polar surface area (TPSA) is 92.1 Å². The van der Waals surface area contributed by atoms with Crippen molar-refractivity contribution in [2.24, 2.45) is 5.92 Å². The fourth-order valence-electron chi connectivity index (χ4n) is 4.08. The van der Waals surface area contributed by atoms with Crippen LogP contribution >= 0.6 is 0 Å². The Kier molecular flexibility index (Phi) is 4.74. The van der Waals surface area contributed by atoms with Gasteiger partial charge in [-0.05, 0) is 37.8 Å². The summed E-state index contributed by atoms with van der Waals surface area (Å²) < 4.78 is 5.02. The number of aryl methyl sites for hydroxylation is 1. The summed E-state index contributed by atoms with van der Waals surface area (Å²) in [4.78, 5) is 16.8. The number of carbonyl (C=O) groups excluding carboxylic acids is 1. The summed E-state index contributed by atoms with van der Waals surface area (Å²) in [7, 11) is 1.87. The van der Waals surface area contributed by atoms with Gasteiger partial charge in [0.2, 0.25) is 17.6 Å². The zero-order valence-electron chi connectivity index (χ0n) is 15.2.